The zero-order chi connectivity index (χ0) is 19.9. The summed E-state index contributed by atoms with van der Waals surface area (Å²) in [6.45, 7) is 4.68. The summed E-state index contributed by atoms with van der Waals surface area (Å²) in [4.78, 5) is 27.1. The third kappa shape index (κ3) is 5.65. The summed E-state index contributed by atoms with van der Waals surface area (Å²) in [6.07, 6.45) is 3.03. The lowest BCUT2D eigenvalue weighted by atomic mass is 9.91. The van der Waals surface area contributed by atoms with Crippen LogP contribution in [0.25, 0.3) is 0 Å². The van der Waals surface area contributed by atoms with E-state index in [1.165, 1.54) is 0 Å². The summed E-state index contributed by atoms with van der Waals surface area (Å²) in [5.41, 5.74) is 0. The van der Waals surface area contributed by atoms with E-state index in [0.29, 0.717) is 39.2 Å². The zero-order valence-electron chi connectivity index (χ0n) is 16.8. The van der Waals surface area contributed by atoms with Crippen LogP contribution in [-0.2, 0) is 23.8 Å². The fourth-order valence-electron chi connectivity index (χ4n) is 4.32. The molecule has 28 heavy (non-hydrogen) atoms. The minimum absolute atomic E-state index is 0.00243. The molecule has 0 aliphatic carbocycles. The molecule has 0 unspecified atom stereocenters. The SMILES string of the molecule is CCCNC(=O)C[C@H]1CC[C@@H]2[C@H](COC[C@@H](O)CN2C(=O)C2CCOCC2)O1. The minimum atomic E-state index is -0.692. The van der Waals surface area contributed by atoms with Crippen molar-refractivity contribution in [2.45, 2.75) is 69.8 Å². The van der Waals surface area contributed by atoms with Crippen molar-refractivity contribution in [1.82, 2.24) is 10.2 Å². The van der Waals surface area contributed by atoms with Crippen molar-refractivity contribution in [2.75, 3.05) is 39.5 Å². The first-order chi connectivity index (χ1) is 13.6. The smallest absolute Gasteiger partial charge is 0.226 e. The van der Waals surface area contributed by atoms with E-state index >= 15 is 0 Å². The summed E-state index contributed by atoms with van der Waals surface area (Å²) in [7, 11) is 0. The van der Waals surface area contributed by atoms with E-state index in [1.807, 2.05) is 11.8 Å². The second kappa shape index (κ2) is 10.5. The maximum absolute atomic E-state index is 13.2. The van der Waals surface area contributed by atoms with E-state index < -0.39 is 6.10 Å². The summed E-state index contributed by atoms with van der Waals surface area (Å²) in [6, 6.07) is -0.125. The molecule has 0 saturated carbocycles. The van der Waals surface area contributed by atoms with Crippen LogP contribution in [0.1, 0.15) is 45.4 Å². The van der Waals surface area contributed by atoms with Crippen LogP contribution in [0.3, 0.4) is 0 Å². The molecule has 160 valence electrons. The fourth-order valence-corrected chi connectivity index (χ4v) is 4.32. The summed E-state index contributed by atoms with van der Waals surface area (Å²) in [5, 5.41) is 13.1. The summed E-state index contributed by atoms with van der Waals surface area (Å²) < 4.78 is 17.2. The summed E-state index contributed by atoms with van der Waals surface area (Å²) >= 11 is 0. The number of fused-ring (bicyclic) bond motifs is 1. The van der Waals surface area contributed by atoms with Gasteiger partial charge in [-0.1, -0.05) is 6.92 Å². The maximum Gasteiger partial charge on any atom is 0.226 e. The van der Waals surface area contributed by atoms with Crippen LogP contribution in [0.15, 0.2) is 0 Å². The van der Waals surface area contributed by atoms with Gasteiger partial charge in [0.15, 0.2) is 0 Å². The van der Waals surface area contributed by atoms with Crippen LogP contribution in [0.2, 0.25) is 0 Å². The van der Waals surface area contributed by atoms with Gasteiger partial charge in [0.1, 0.15) is 6.10 Å². The predicted octanol–water partition coefficient (Wildman–Crippen LogP) is 0.465. The van der Waals surface area contributed by atoms with E-state index in [4.69, 9.17) is 14.2 Å². The first kappa shape index (κ1) is 21.5. The molecule has 3 aliphatic heterocycles. The molecule has 3 saturated heterocycles. The van der Waals surface area contributed by atoms with Crippen LogP contribution in [0.5, 0.6) is 0 Å². The molecule has 3 heterocycles. The van der Waals surface area contributed by atoms with Crippen LogP contribution in [-0.4, -0.2) is 85.7 Å². The molecule has 2 N–H and O–H groups in total. The van der Waals surface area contributed by atoms with Gasteiger partial charge in [-0.25, -0.2) is 0 Å². The highest BCUT2D eigenvalue weighted by molar-refractivity contribution is 5.79. The van der Waals surface area contributed by atoms with Gasteiger partial charge in [-0.05, 0) is 32.1 Å². The topological polar surface area (TPSA) is 97.3 Å². The number of carbonyl (C=O) groups excluding carboxylic acids is 2. The van der Waals surface area contributed by atoms with Gasteiger partial charge < -0.3 is 29.5 Å². The molecule has 4 atom stereocenters. The number of ether oxygens (including phenoxy) is 3. The van der Waals surface area contributed by atoms with Crippen molar-refractivity contribution in [3.8, 4) is 0 Å². The standard InChI is InChI=1S/C20H34N2O6/c1-2-7-21-19(24)10-16-3-4-17-18(28-16)13-27-12-15(23)11-22(17)20(25)14-5-8-26-9-6-14/h14-18,23H,2-13H2,1H3,(H,21,24)/t15-,16+,17+,18-/m0/s1. The minimum Gasteiger partial charge on any atom is -0.389 e. The number of nitrogens with one attached hydrogen (secondary N) is 1. The Balaban J connectivity index is 1.64. The van der Waals surface area contributed by atoms with E-state index in [9.17, 15) is 14.7 Å². The van der Waals surface area contributed by atoms with Crippen molar-refractivity contribution in [1.29, 1.82) is 0 Å². The molecule has 3 fully saturated rings. The van der Waals surface area contributed by atoms with Crippen LogP contribution in [0.4, 0.5) is 0 Å². The van der Waals surface area contributed by atoms with Crippen molar-refractivity contribution < 1.29 is 28.9 Å². The van der Waals surface area contributed by atoms with Crippen molar-refractivity contribution in [3.63, 3.8) is 0 Å². The molecular formula is C20H34N2O6. The number of hydrogen-bond acceptors (Lipinski definition) is 6. The molecule has 2 amide bonds. The highest BCUT2D eigenvalue weighted by atomic mass is 16.5. The zero-order valence-corrected chi connectivity index (χ0v) is 16.8. The Kier molecular flexibility index (Phi) is 8.08. The van der Waals surface area contributed by atoms with Gasteiger partial charge in [-0.2, -0.15) is 0 Å². The Morgan fingerprint density at radius 3 is 2.64 bits per heavy atom. The normalized spacial score (nSPS) is 32.1. The lowest BCUT2D eigenvalue weighted by molar-refractivity contribution is -0.173. The van der Waals surface area contributed by atoms with Crippen LogP contribution in [0, 0.1) is 5.92 Å². The molecule has 3 aliphatic rings. The van der Waals surface area contributed by atoms with E-state index in [1.54, 1.807) is 0 Å². The molecule has 0 aromatic carbocycles. The van der Waals surface area contributed by atoms with Crippen LogP contribution >= 0.6 is 0 Å². The molecule has 0 bridgehead atoms. The Morgan fingerprint density at radius 2 is 1.89 bits per heavy atom. The van der Waals surface area contributed by atoms with E-state index in [-0.39, 0.29) is 49.1 Å². The lowest BCUT2D eigenvalue weighted by Crippen LogP contribution is -2.58. The number of β-amino-alcohol motifs (C(OH)–C–C–N with tert-alkyl or cyclic N) is 1. The molecule has 0 radical (unpaired) electrons. The lowest BCUT2D eigenvalue weighted by Gasteiger charge is -2.45. The van der Waals surface area contributed by atoms with E-state index in [2.05, 4.69) is 5.32 Å². The van der Waals surface area contributed by atoms with Gasteiger partial charge in [-0.3, -0.25) is 9.59 Å². The number of rotatable bonds is 5. The number of carbonyl (C=O) groups is 2. The van der Waals surface area contributed by atoms with Gasteiger partial charge in [-0.15, -0.1) is 0 Å². The summed E-state index contributed by atoms with van der Waals surface area (Å²) in [5.74, 6) is 0.0316. The second-order valence-electron chi connectivity index (χ2n) is 8.06. The van der Waals surface area contributed by atoms with Gasteiger partial charge in [0.25, 0.3) is 0 Å². The maximum atomic E-state index is 13.2. The monoisotopic (exact) mass is 398 g/mol. The molecule has 8 nitrogen and oxygen atoms in total. The van der Waals surface area contributed by atoms with Crippen LogP contribution < -0.4 is 5.32 Å². The first-order valence-electron chi connectivity index (χ1n) is 10.6. The molecule has 8 heteroatoms. The van der Waals surface area contributed by atoms with Gasteiger partial charge in [0, 0.05) is 32.2 Å². The van der Waals surface area contributed by atoms with Crippen molar-refractivity contribution in [2.24, 2.45) is 5.92 Å². The molecular weight excluding hydrogens is 364 g/mol. The van der Waals surface area contributed by atoms with Crippen molar-refractivity contribution in [3.05, 3.63) is 0 Å². The average molecular weight is 399 g/mol. The first-order valence-corrected chi connectivity index (χ1v) is 10.6. The molecule has 0 spiro atoms. The molecule has 3 rings (SSSR count). The molecule has 0 aromatic rings. The largest absolute Gasteiger partial charge is 0.389 e. The third-order valence-corrected chi connectivity index (χ3v) is 5.82. The number of aliphatic hydroxyl groups excluding tert-OH is 1. The highest BCUT2D eigenvalue weighted by Crippen LogP contribution is 2.30. The Bertz CT molecular complexity index is 525. The van der Waals surface area contributed by atoms with Gasteiger partial charge in [0.2, 0.25) is 11.8 Å². The van der Waals surface area contributed by atoms with Gasteiger partial charge >= 0.3 is 0 Å². The Labute approximate surface area is 166 Å². The fraction of sp³-hybridized carbons (Fsp3) is 0.900. The Hall–Kier alpha value is -1.22. The second-order valence-corrected chi connectivity index (χ2v) is 8.06. The van der Waals surface area contributed by atoms with Crippen molar-refractivity contribution >= 4 is 11.8 Å². The van der Waals surface area contributed by atoms with Gasteiger partial charge in [0.05, 0.1) is 37.9 Å². The quantitative estimate of drug-likeness (QED) is 0.699. The number of hydrogen-bond donors (Lipinski definition) is 2. The average Bonchev–Trinajstić information content (AvgIpc) is 2.70. The van der Waals surface area contributed by atoms with E-state index in [0.717, 1.165) is 25.7 Å². The number of nitrogens with zero attached hydrogens (tertiary/aromatic N) is 1. The third-order valence-electron chi connectivity index (χ3n) is 5.82. The predicted molar refractivity (Wildman–Crippen MR) is 102 cm³/mol. The number of aliphatic hydroxyl groups is 1. The Morgan fingerprint density at radius 1 is 1.11 bits per heavy atom. The highest BCUT2D eigenvalue weighted by Gasteiger charge is 2.41. The molecule has 0 aromatic heterocycles. The number of amides is 2.